The number of ketones is 1. The summed E-state index contributed by atoms with van der Waals surface area (Å²) < 4.78 is 2.09. The quantitative estimate of drug-likeness (QED) is 0.541. The number of amides is 3. The third-order valence-electron chi connectivity index (χ3n) is 4.79. The first kappa shape index (κ1) is 19.7. The molecule has 0 aromatic carbocycles. The van der Waals surface area contributed by atoms with Gasteiger partial charge in [-0.05, 0) is 49.8 Å². The maximum absolute atomic E-state index is 12.8. The highest BCUT2D eigenvalue weighted by Gasteiger charge is 2.38. The van der Waals surface area contributed by atoms with E-state index < -0.39 is 12.1 Å². The predicted octanol–water partition coefficient (Wildman–Crippen LogP) is 3.07. The minimum Gasteiger partial charge on any atom is -0.343 e. The molecular weight excluding hydrogens is 382 g/mol. The number of urea groups is 1. The zero-order valence-corrected chi connectivity index (χ0v) is 17.3. The van der Waals surface area contributed by atoms with Gasteiger partial charge in [-0.1, -0.05) is 6.07 Å². The van der Waals surface area contributed by atoms with E-state index in [1.165, 1.54) is 4.88 Å². The number of hydrogen-bond acceptors (Lipinski definition) is 5. The molecule has 8 heteroatoms. The fourth-order valence-corrected chi connectivity index (χ4v) is 4.44. The highest BCUT2D eigenvalue weighted by molar-refractivity contribution is 7.98. The molecule has 0 aliphatic carbocycles. The predicted molar refractivity (Wildman–Crippen MR) is 109 cm³/mol. The Morgan fingerprint density at radius 2 is 2.11 bits per heavy atom. The van der Waals surface area contributed by atoms with Crippen molar-refractivity contribution < 1.29 is 14.4 Å². The van der Waals surface area contributed by atoms with Crippen molar-refractivity contribution in [2.24, 2.45) is 0 Å². The van der Waals surface area contributed by atoms with Gasteiger partial charge in [-0.25, -0.2) is 4.79 Å². The molecule has 3 amide bonds. The molecule has 0 radical (unpaired) electrons. The molecule has 1 unspecified atom stereocenters. The molecule has 3 heterocycles. The summed E-state index contributed by atoms with van der Waals surface area (Å²) in [5, 5.41) is 4.70. The SMILES string of the molecule is CSCCC1NC(=O)N(CC(=O)c2cc(C)n(Cc3cccs3)c2C)C1=O. The molecule has 3 rings (SSSR count). The second-order valence-corrected chi connectivity index (χ2v) is 8.60. The van der Waals surface area contributed by atoms with Gasteiger partial charge in [-0.3, -0.25) is 14.5 Å². The summed E-state index contributed by atoms with van der Waals surface area (Å²) in [5.74, 6) is 0.256. The maximum Gasteiger partial charge on any atom is 0.325 e. The number of thioether (sulfide) groups is 1. The molecule has 0 saturated carbocycles. The molecule has 0 spiro atoms. The van der Waals surface area contributed by atoms with Gasteiger partial charge in [0.15, 0.2) is 5.78 Å². The molecular formula is C19H23N3O3S2. The van der Waals surface area contributed by atoms with Crippen LogP contribution in [0.15, 0.2) is 23.6 Å². The Hall–Kier alpha value is -2.06. The first-order chi connectivity index (χ1) is 12.9. The lowest BCUT2D eigenvalue weighted by molar-refractivity contribution is -0.127. The Bertz CT molecular complexity index is 858. The van der Waals surface area contributed by atoms with Crippen molar-refractivity contribution in [2.75, 3.05) is 18.6 Å². The third kappa shape index (κ3) is 4.11. The second kappa shape index (κ2) is 8.31. The first-order valence-corrected chi connectivity index (χ1v) is 11.0. The van der Waals surface area contributed by atoms with Crippen molar-refractivity contribution in [1.29, 1.82) is 0 Å². The summed E-state index contributed by atoms with van der Waals surface area (Å²) in [6.45, 7) is 4.36. The smallest absolute Gasteiger partial charge is 0.325 e. The fraction of sp³-hybridized carbons (Fsp3) is 0.421. The van der Waals surface area contributed by atoms with Crippen LogP contribution in [0.25, 0.3) is 0 Å². The van der Waals surface area contributed by atoms with Crippen LogP contribution in [0, 0.1) is 13.8 Å². The molecule has 1 fully saturated rings. The lowest BCUT2D eigenvalue weighted by Gasteiger charge is -2.12. The van der Waals surface area contributed by atoms with Gasteiger partial charge in [-0.2, -0.15) is 11.8 Å². The van der Waals surface area contributed by atoms with Crippen molar-refractivity contribution >= 4 is 40.8 Å². The summed E-state index contributed by atoms with van der Waals surface area (Å²) in [7, 11) is 0. The highest BCUT2D eigenvalue weighted by atomic mass is 32.2. The van der Waals surface area contributed by atoms with Crippen LogP contribution in [0.3, 0.4) is 0 Å². The van der Waals surface area contributed by atoms with Gasteiger partial charge < -0.3 is 9.88 Å². The Kier molecular flexibility index (Phi) is 6.06. The summed E-state index contributed by atoms with van der Waals surface area (Å²) in [5.41, 5.74) is 2.41. The molecule has 2 aromatic heterocycles. The van der Waals surface area contributed by atoms with Crippen LogP contribution in [0.5, 0.6) is 0 Å². The molecule has 1 atom stereocenters. The molecule has 1 N–H and O–H groups in total. The first-order valence-electron chi connectivity index (χ1n) is 8.75. The van der Waals surface area contributed by atoms with Gasteiger partial charge in [-0.15, -0.1) is 11.3 Å². The number of imide groups is 1. The number of aromatic nitrogens is 1. The molecule has 27 heavy (non-hydrogen) atoms. The maximum atomic E-state index is 12.8. The lowest BCUT2D eigenvalue weighted by Crippen LogP contribution is -2.36. The Balaban J connectivity index is 1.73. The van der Waals surface area contributed by atoms with Crippen LogP contribution in [0.1, 0.15) is 33.0 Å². The number of thiophene rings is 1. The van der Waals surface area contributed by atoms with E-state index in [1.54, 1.807) is 23.1 Å². The molecule has 0 bridgehead atoms. The topological polar surface area (TPSA) is 71.4 Å². The zero-order chi connectivity index (χ0) is 19.6. The molecule has 2 aromatic rings. The zero-order valence-electron chi connectivity index (χ0n) is 15.7. The van der Waals surface area contributed by atoms with E-state index in [1.807, 2.05) is 37.6 Å². The number of hydrogen-bond donors (Lipinski definition) is 1. The normalized spacial score (nSPS) is 16.9. The fourth-order valence-electron chi connectivity index (χ4n) is 3.27. The third-order valence-corrected chi connectivity index (χ3v) is 6.29. The lowest BCUT2D eigenvalue weighted by atomic mass is 10.1. The van der Waals surface area contributed by atoms with Crippen LogP contribution < -0.4 is 5.32 Å². The van der Waals surface area contributed by atoms with Crippen molar-refractivity contribution in [3.63, 3.8) is 0 Å². The number of aryl methyl sites for hydroxylation is 1. The van der Waals surface area contributed by atoms with E-state index in [-0.39, 0.29) is 18.2 Å². The average Bonchev–Trinajstić information content (AvgIpc) is 3.32. The van der Waals surface area contributed by atoms with E-state index in [4.69, 9.17) is 0 Å². The van der Waals surface area contributed by atoms with Gasteiger partial charge >= 0.3 is 6.03 Å². The van der Waals surface area contributed by atoms with Gasteiger partial charge in [0.1, 0.15) is 6.04 Å². The number of carbonyl (C=O) groups excluding carboxylic acids is 3. The average molecular weight is 406 g/mol. The van der Waals surface area contributed by atoms with Crippen molar-refractivity contribution in [1.82, 2.24) is 14.8 Å². The molecule has 6 nitrogen and oxygen atoms in total. The van der Waals surface area contributed by atoms with Gasteiger partial charge in [0.25, 0.3) is 5.91 Å². The molecule has 144 valence electrons. The van der Waals surface area contributed by atoms with Gasteiger partial charge in [0, 0.05) is 21.8 Å². The summed E-state index contributed by atoms with van der Waals surface area (Å²) in [4.78, 5) is 39.6. The highest BCUT2D eigenvalue weighted by Crippen LogP contribution is 2.21. The minimum absolute atomic E-state index is 0.213. The van der Waals surface area contributed by atoms with Crippen molar-refractivity contribution in [3.8, 4) is 0 Å². The number of rotatable bonds is 8. The van der Waals surface area contributed by atoms with Gasteiger partial charge in [0.2, 0.25) is 0 Å². The summed E-state index contributed by atoms with van der Waals surface area (Å²) >= 11 is 3.29. The standard InChI is InChI=1S/C19H23N3O3S2/c1-12-9-15(13(2)21(12)10-14-5-4-7-27-14)17(23)11-22-18(24)16(6-8-26-3)20-19(22)25/h4-5,7,9,16H,6,8,10-11H2,1-3H3,(H,20,25). The van der Waals surface area contributed by atoms with E-state index in [0.29, 0.717) is 18.5 Å². The van der Waals surface area contributed by atoms with Crippen molar-refractivity contribution in [3.05, 3.63) is 45.4 Å². The molecule has 1 aliphatic rings. The largest absolute Gasteiger partial charge is 0.343 e. The number of nitrogens with one attached hydrogen (secondary N) is 1. The van der Waals surface area contributed by atoms with Crippen LogP contribution in [-0.4, -0.2) is 51.8 Å². The molecule has 1 saturated heterocycles. The van der Waals surface area contributed by atoms with E-state index in [2.05, 4.69) is 16.0 Å². The van der Waals surface area contributed by atoms with Crippen molar-refractivity contribution in [2.45, 2.75) is 32.9 Å². The molecule has 1 aliphatic heterocycles. The van der Waals surface area contributed by atoms with Crippen LogP contribution >= 0.6 is 23.1 Å². The summed E-state index contributed by atoms with van der Waals surface area (Å²) in [6, 6.07) is 4.91. The van der Waals surface area contributed by atoms with Crippen LogP contribution in [-0.2, 0) is 11.3 Å². The number of carbonyl (C=O) groups is 3. The number of Topliss-reactive ketones (excluding diaryl/α,β-unsaturated/α-hetero) is 1. The van der Waals surface area contributed by atoms with E-state index in [0.717, 1.165) is 22.0 Å². The second-order valence-electron chi connectivity index (χ2n) is 6.58. The Morgan fingerprint density at radius 3 is 2.78 bits per heavy atom. The van der Waals surface area contributed by atoms with Crippen LogP contribution in [0.4, 0.5) is 4.79 Å². The number of nitrogens with zero attached hydrogens (tertiary/aromatic N) is 2. The van der Waals surface area contributed by atoms with Gasteiger partial charge in [0.05, 0.1) is 13.1 Å². The Labute approximate surface area is 166 Å². The van der Waals surface area contributed by atoms with E-state index in [9.17, 15) is 14.4 Å². The monoisotopic (exact) mass is 405 g/mol. The summed E-state index contributed by atoms with van der Waals surface area (Å²) in [6.07, 6.45) is 2.53. The van der Waals surface area contributed by atoms with E-state index >= 15 is 0 Å². The Morgan fingerprint density at radius 1 is 1.33 bits per heavy atom. The van der Waals surface area contributed by atoms with Crippen LogP contribution in [0.2, 0.25) is 0 Å². The minimum atomic E-state index is -0.524.